The molecule has 3 nitrogen and oxygen atoms in total. The Balaban J connectivity index is 1.50. The maximum Gasteiger partial charge on any atom is 0.130 e. The molecule has 0 aliphatic carbocycles. The van der Waals surface area contributed by atoms with E-state index in [1.165, 1.54) is 16.8 Å². The van der Waals surface area contributed by atoms with Crippen LogP contribution in [0.1, 0.15) is 57.6 Å². The van der Waals surface area contributed by atoms with E-state index in [4.69, 9.17) is 4.74 Å². The third-order valence-electron chi connectivity index (χ3n) is 5.45. The predicted molar refractivity (Wildman–Crippen MR) is 116 cm³/mol. The summed E-state index contributed by atoms with van der Waals surface area (Å²) in [5.74, 6) is 2.30. The normalized spacial score (nSPS) is 15.4. The van der Waals surface area contributed by atoms with Gasteiger partial charge in [-0.3, -0.25) is 0 Å². The molecular weight excluding hydrogens is 346 g/mol. The maximum atomic E-state index is 11.2. The van der Waals surface area contributed by atoms with Gasteiger partial charge >= 0.3 is 0 Å². The van der Waals surface area contributed by atoms with E-state index in [0.717, 1.165) is 31.7 Å². The van der Waals surface area contributed by atoms with Gasteiger partial charge in [0.25, 0.3) is 0 Å². The maximum absolute atomic E-state index is 11.2. The minimum atomic E-state index is 0.198. The molecule has 0 radical (unpaired) electrons. The molecule has 0 amide bonds. The molecule has 1 fully saturated rings. The number of hydrogen-bond donors (Lipinski definition) is 0. The van der Waals surface area contributed by atoms with Crippen molar-refractivity contribution in [2.45, 2.75) is 59.0 Å². The first-order valence-corrected chi connectivity index (χ1v) is 10.5. The number of carbonyl (C=O) groups is 1. The molecule has 1 aliphatic heterocycles. The molecule has 28 heavy (non-hydrogen) atoms. The minimum absolute atomic E-state index is 0.198. The Bertz CT molecular complexity index is 775. The number of hydrogen-bond acceptors (Lipinski definition) is 3. The highest BCUT2D eigenvalue weighted by Gasteiger charge is 2.28. The first-order chi connectivity index (χ1) is 13.4. The predicted octanol–water partition coefficient (Wildman–Crippen LogP) is 5.63. The Morgan fingerprint density at radius 1 is 1.11 bits per heavy atom. The van der Waals surface area contributed by atoms with Crippen molar-refractivity contribution < 1.29 is 9.53 Å². The van der Waals surface area contributed by atoms with Gasteiger partial charge in [0.2, 0.25) is 0 Å². The van der Waals surface area contributed by atoms with Crippen LogP contribution < -0.4 is 9.64 Å². The fraction of sp³-hybridized carbons (Fsp3) is 0.480. The van der Waals surface area contributed by atoms with Crippen LogP contribution in [-0.4, -0.2) is 25.0 Å². The number of ether oxygens (including phenoxy) is 1. The van der Waals surface area contributed by atoms with Gasteiger partial charge in [-0.2, -0.15) is 0 Å². The number of rotatable bonds is 9. The van der Waals surface area contributed by atoms with Crippen molar-refractivity contribution in [2.24, 2.45) is 5.92 Å². The van der Waals surface area contributed by atoms with Crippen molar-refractivity contribution in [1.82, 2.24) is 0 Å². The van der Waals surface area contributed by atoms with Gasteiger partial charge in [-0.05, 0) is 62.8 Å². The topological polar surface area (TPSA) is 29.5 Å². The molecule has 3 heteroatoms. The summed E-state index contributed by atoms with van der Waals surface area (Å²) in [5, 5.41) is 0. The molecule has 1 heterocycles. The van der Waals surface area contributed by atoms with E-state index in [-0.39, 0.29) is 6.10 Å². The zero-order chi connectivity index (χ0) is 20.1. The summed E-state index contributed by atoms with van der Waals surface area (Å²) in [6.45, 7) is 10.1. The van der Waals surface area contributed by atoms with Crippen LogP contribution in [0.15, 0.2) is 48.5 Å². The van der Waals surface area contributed by atoms with E-state index in [0.29, 0.717) is 24.0 Å². The minimum Gasteiger partial charge on any atom is -0.491 e. The van der Waals surface area contributed by atoms with Gasteiger partial charge in [0.1, 0.15) is 11.5 Å². The summed E-state index contributed by atoms with van der Waals surface area (Å²) < 4.78 is 5.81. The van der Waals surface area contributed by atoms with E-state index in [2.05, 4.69) is 68.1 Å². The number of carbonyl (C=O) groups excluding carboxylic acids is 1. The van der Waals surface area contributed by atoms with Crippen LogP contribution in [0.3, 0.4) is 0 Å². The molecule has 2 aromatic carbocycles. The summed E-state index contributed by atoms with van der Waals surface area (Å²) in [7, 11) is 0. The lowest BCUT2D eigenvalue weighted by Crippen LogP contribution is -2.45. The van der Waals surface area contributed by atoms with Crippen LogP contribution >= 0.6 is 0 Å². The van der Waals surface area contributed by atoms with Crippen molar-refractivity contribution in [3.63, 3.8) is 0 Å². The van der Waals surface area contributed by atoms with Gasteiger partial charge in [-0.25, -0.2) is 0 Å². The zero-order valence-corrected chi connectivity index (χ0v) is 17.7. The van der Waals surface area contributed by atoms with Gasteiger partial charge in [0.15, 0.2) is 0 Å². The summed E-state index contributed by atoms with van der Waals surface area (Å²) >= 11 is 0. The van der Waals surface area contributed by atoms with Crippen molar-refractivity contribution >= 4 is 11.5 Å². The van der Waals surface area contributed by atoms with Crippen molar-refractivity contribution in [3.8, 4) is 5.75 Å². The molecule has 0 saturated carbocycles. The fourth-order valence-electron chi connectivity index (χ4n) is 3.89. The highest BCUT2D eigenvalue weighted by molar-refractivity contribution is 5.75. The molecule has 1 unspecified atom stereocenters. The molecule has 3 rings (SSSR count). The molecule has 1 atom stereocenters. The highest BCUT2D eigenvalue weighted by Crippen LogP contribution is 2.33. The second kappa shape index (κ2) is 9.27. The second-order valence-electron chi connectivity index (χ2n) is 8.56. The molecule has 150 valence electrons. The first kappa shape index (κ1) is 20.4. The Morgan fingerprint density at radius 2 is 1.82 bits per heavy atom. The SMILES string of the molecule is CC(=O)CC(C)CCc1ccc(C2CN(c3cccc(OC(C)C)c3)C2)cc1. The molecule has 2 aromatic rings. The average molecular weight is 380 g/mol. The lowest BCUT2D eigenvalue weighted by atomic mass is 9.89. The summed E-state index contributed by atoms with van der Waals surface area (Å²) in [6, 6.07) is 17.5. The third kappa shape index (κ3) is 5.60. The first-order valence-electron chi connectivity index (χ1n) is 10.5. The van der Waals surface area contributed by atoms with Crippen molar-refractivity contribution in [2.75, 3.05) is 18.0 Å². The van der Waals surface area contributed by atoms with Crippen LogP contribution in [0.4, 0.5) is 5.69 Å². The number of Topliss-reactive ketones (excluding diaryl/α,β-unsaturated/α-hetero) is 1. The van der Waals surface area contributed by atoms with E-state index >= 15 is 0 Å². The fourth-order valence-corrected chi connectivity index (χ4v) is 3.89. The Hall–Kier alpha value is -2.29. The van der Waals surface area contributed by atoms with E-state index in [9.17, 15) is 4.79 Å². The Morgan fingerprint density at radius 3 is 2.46 bits per heavy atom. The van der Waals surface area contributed by atoms with Gasteiger partial charge in [-0.1, -0.05) is 37.3 Å². The molecule has 0 N–H and O–H groups in total. The monoisotopic (exact) mass is 379 g/mol. The summed E-state index contributed by atoms with van der Waals surface area (Å²) in [5.41, 5.74) is 4.03. The lowest BCUT2D eigenvalue weighted by molar-refractivity contribution is -0.117. The molecule has 1 aliphatic rings. The van der Waals surface area contributed by atoms with Crippen LogP contribution in [0.25, 0.3) is 0 Å². The molecule has 0 aromatic heterocycles. The largest absolute Gasteiger partial charge is 0.491 e. The number of aryl methyl sites for hydroxylation is 1. The molecular formula is C25H33NO2. The number of benzene rings is 2. The number of ketones is 1. The average Bonchev–Trinajstić information content (AvgIpc) is 2.59. The standard InChI is InChI=1S/C25H33NO2/c1-18(2)28-25-7-5-6-24(15-25)26-16-23(17-26)22-12-10-21(11-13-22)9-8-19(3)14-20(4)27/h5-7,10-13,15,18-19,23H,8-9,14,16-17H2,1-4H3. The number of anilines is 1. The van der Waals surface area contributed by atoms with Gasteiger partial charge in [0, 0.05) is 37.2 Å². The van der Waals surface area contributed by atoms with Gasteiger partial charge < -0.3 is 14.4 Å². The van der Waals surface area contributed by atoms with Gasteiger partial charge in [0.05, 0.1) is 6.10 Å². The van der Waals surface area contributed by atoms with Crippen LogP contribution in [0, 0.1) is 5.92 Å². The zero-order valence-electron chi connectivity index (χ0n) is 17.7. The smallest absolute Gasteiger partial charge is 0.130 e. The second-order valence-corrected chi connectivity index (χ2v) is 8.56. The molecule has 0 bridgehead atoms. The van der Waals surface area contributed by atoms with Crippen LogP contribution in [0.2, 0.25) is 0 Å². The van der Waals surface area contributed by atoms with Gasteiger partial charge in [-0.15, -0.1) is 0 Å². The quantitative estimate of drug-likeness (QED) is 0.566. The third-order valence-corrected chi connectivity index (χ3v) is 5.45. The summed E-state index contributed by atoms with van der Waals surface area (Å²) in [6.07, 6.45) is 3.02. The van der Waals surface area contributed by atoms with Crippen LogP contribution in [-0.2, 0) is 11.2 Å². The lowest BCUT2D eigenvalue weighted by Gasteiger charge is -2.41. The van der Waals surface area contributed by atoms with Crippen molar-refractivity contribution in [1.29, 1.82) is 0 Å². The van der Waals surface area contributed by atoms with Crippen molar-refractivity contribution in [3.05, 3.63) is 59.7 Å². The Labute approximate surface area is 169 Å². The van der Waals surface area contributed by atoms with E-state index in [1.807, 2.05) is 6.07 Å². The number of nitrogens with zero attached hydrogens (tertiary/aromatic N) is 1. The van der Waals surface area contributed by atoms with E-state index in [1.54, 1.807) is 6.92 Å². The molecule has 0 spiro atoms. The highest BCUT2D eigenvalue weighted by atomic mass is 16.5. The van der Waals surface area contributed by atoms with Crippen LogP contribution in [0.5, 0.6) is 5.75 Å². The summed E-state index contributed by atoms with van der Waals surface area (Å²) in [4.78, 5) is 13.6. The Kier molecular flexibility index (Phi) is 6.77. The van der Waals surface area contributed by atoms with E-state index < -0.39 is 0 Å². The molecule has 1 saturated heterocycles.